The monoisotopic (exact) mass is 326 g/mol. The average molecular weight is 326 g/mol. The summed E-state index contributed by atoms with van der Waals surface area (Å²) in [6, 6.07) is 7.55. The number of hydrogen-bond acceptors (Lipinski definition) is 2. The number of carbonyl (C=O) groups is 1. The standard InChI is InChI=1S/C18H22N4O2/c1-18(2,3)15-10-20-16(22-15)14(21-17(23)24)8-11-9-19-13-7-5-4-6-12(11)13/h4-7,9-10,14,19,21H,8H2,1-3H3,(H,20,22)(H,23,24)/t14-/m1/s1. The zero-order valence-corrected chi connectivity index (χ0v) is 14.1. The van der Waals surface area contributed by atoms with Gasteiger partial charge < -0.3 is 20.4 Å². The van der Waals surface area contributed by atoms with E-state index in [2.05, 4.69) is 41.0 Å². The second kappa shape index (κ2) is 6.03. The van der Waals surface area contributed by atoms with Gasteiger partial charge in [0.05, 0.1) is 6.04 Å². The minimum atomic E-state index is -1.06. The van der Waals surface area contributed by atoms with Crippen LogP contribution in [0.5, 0.6) is 0 Å². The molecule has 1 aromatic carbocycles. The largest absolute Gasteiger partial charge is 0.465 e. The van der Waals surface area contributed by atoms with Gasteiger partial charge in [-0.3, -0.25) is 0 Å². The van der Waals surface area contributed by atoms with Gasteiger partial charge in [0.25, 0.3) is 0 Å². The SMILES string of the molecule is CC(C)(C)c1cnc([C@@H](Cc2c[nH]c3ccccc23)NC(=O)O)[nH]1. The molecule has 0 radical (unpaired) electrons. The molecule has 24 heavy (non-hydrogen) atoms. The van der Waals surface area contributed by atoms with Crippen molar-refractivity contribution in [2.45, 2.75) is 38.6 Å². The van der Waals surface area contributed by atoms with Crippen molar-refractivity contribution in [1.82, 2.24) is 20.3 Å². The summed E-state index contributed by atoms with van der Waals surface area (Å²) in [5.41, 5.74) is 3.00. The van der Waals surface area contributed by atoms with E-state index in [0.29, 0.717) is 12.2 Å². The summed E-state index contributed by atoms with van der Waals surface area (Å²) in [5.74, 6) is 0.632. The number of rotatable bonds is 4. The molecule has 1 amide bonds. The molecule has 1 atom stereocenters. The molecular weight excluding hydrogens is 304 g/mol. The molecule has 6 heteroatoms. The molecule has 3 rings (SSSR count). The zero-order chi connectivity index (χ0) is 17.3. The fourth-order valence-corrected chi connectivity index (χ4v) is 2.78. The van der Waals surface area contributed by atoms with Crippen molar-refractivity contribution in [1.29, 1.82) is 0 Å². The molecule has 3 aromatic rings. The molecule has 0 unspecified atom stereocenters. The van der Waals surface area contributed by atoms with E-state index in [0.717, 1.165) is 22.2 Å². The second-order valence-electron chi connectivity index (χ2n) is 7.00. The number of aromatic amines is 2. The van der Waals surface area contributed by atoms with Crippen molar-refractivity contribution in [3.05, 3.63) is 53.7 Å². The molecule has 2 aromatic heterocycles. The van der Waals surface area contributed by atoms with Crippen LogP contribution in [0, 0.1) is 0 Å². The number of nitrogens with one attached hydrogen (secondary N) is 3. The van der Waals surface area contributed by atoms with Gasteiger partial charge in [0.2, 0.25) is 0 Å². The van der Waals surface area contributed by atoms with Gasteiger partial charge >= 0.3 is 6.09 Å². The quantitative estimate of drug-likeness (QED) is 0.588. The summed E-state index contributed by atoms with van der Waals surface area (Å²) >= 11 is 0. The first-order chi connectivity index (χ1) is 11.3. The molecular formula is C18H22N4O2. The highest BCUT2D eigenvalue weighted by molar-refractivity contribution is 5.83. The number of para-hydroxylation sites is 1. The first-order valence-corrected chi connectivity index (χ1v) is 7.94. The van der Waals surface area contributed by atoms with E-state index in [-0.39, 0.29) is 5.41 Å². The van der Waals surface area contributed by atoms with Crippen molar-refractivity contribution in [3.8, 4) is 0 Å². The highest BCUT2D eigenvalue weighted by Gasteiger charge is 2.23. The normalized spacial score (nSPS) is 13.1. The molecule has 0 aliphatic carbocycles. The number of aromatic nitrogens is 3. The molecule has 0 aliphatic heterocycles. The van der Waals surface area contributed by atoms with Crippen LogP contribution in [-0.2, 0) is 11.8 Å². The van der Waals surface area contributed by atoms with Crippen molar-refractivity contribution < 1.29 is 9.90 Å². The number of H-pyrrole nitrogens is 2. The lowest BCUT2D eigenvalue weighted by Gasteiger charge is -2.17. The minimum Gasteiger partial charge on any atom is -0.465 e. The van der Waals surface area contributed by atoms with Crippen molar-refractivity contribution in [2.24, 2.45) is 0 Å². The predicted octanol–water partition coefficient (Wildman–Crippen LogP) is 3.74. The third kappa shape index (κ3) is 3.27. The zero-order valence-electron chi connectivity index (χ0n) is 14.1. The summed E-state index contributed by atoms with van der Waals surface area (Å²) in [5, 5.41) is 12.9. The van der Waals surface area contributed by atoms with E-state index in [1.807, 2.05) is 30.5 Å². The van der Waals surface area contributed by atoms with Gasteiger partial charge in [0, 0.05) is 40.8 Å². The Morgan fingerprint density at radius 2 is 2.08 bits per heavy atom. The van der Waals surface area contributed by atoms with E-state index in [4.69, 9.17) is 0 Å². The van der Waals surface area contributed by atoms with Crippen LogP contribution in [0.1, 0.15) is 43.9 Å². The van der Waals surface area contributed by atoms with E-state index < -0.39 is 12.1 Å². The number of carboxylic acid groups (broad SMARTS) is 1. The van der Waals surface area contributed by atoms with Gasteiger partial charge in [0.15, 0.2) is 0 Å². The van der Waals surface area contributed by atoms with Crippen LogP contribution in [0.2, 0.25) is 0 Å². The first-order valence-electron chi connectivity index (χ1n) is 7.94. The van der Waals surface area contributed by atoms with Gasteiger partial charge in [-0.1, -0.05) is 39.0 Å². The van der Waals surface area contributed by atoms with Crippen LogP contribution in [0.25, 0.3) is 10.9 Å². The Hall–Kier alpha value is -2.76. The molecule has 0 spiro atoms. The number of benzene rings is 1. The second-order valence-corrected chi connectivity index (χ2v) is 7.00. The number of amides is 1. The topological polar surface area (TPSA) is 93.8 Å². The summed E-state index contributed by atoms with van der Waals surface area (Å²) in [7, 11) is 0. The fourth-order valence-electron chi connectivity index (χ4n) is 2.78. The molecule has 0 saturated heterocycles. The minimum absolute atomic E-state index is 0.0696. The highest BCUT2D eigenvalue weighted by atomic mass is 16.4. The van der Waals surface area contributed by atoms with Crippen LogP contribution >= 0.6 is 0 Å². The molecule has 0 bridgehead atoms. The van der Waals surface area contributed by atoms with Crippen LogP contribution in [0.4, 0.5) is 4.79 Å². The van der Waals surface area contributed by atoms with Crippen LogP contribution in [0.3, 0.4) is 0 Å². The van der Waals surface area contributed by atoms with Gasteiger partial charge in [-0.25, -0.2) is 9.78 Å². The lowest BCUT2D eigenvalue weighted by Crippen LogP contribution is -2.29. The Kier molecular flexibility index (Phi) is 4.05. The van der Waals surface area contributed by atoms with Crippen molar-refractivity contribution in [2.75, 3.05) is 0 Å². The molecule has 4 N–H and O–H groups in total. The maximum atomic E-state index is 11.2. The average Bonchev–Trinajstić information content (AvgIpc) is 3.13. The molecule has 2 heterocycles. The van der Waals surface area contributed by atoms with E-state index >= 15 is 0 Å². The number of nitrogens with zero attached hydrogens (tertiary/aromatic N) is 1. The lowest BCUT2D eigenvalue weighted by molar-refractivity contribution is 0.189. The summed E-state index contributed by atoms with van der Waals surface area (Å²) in [6.45, 7) is 6.26. The summed E-state index contributed by atoms with van der Waals surface area (Å²) in [6.07, 6.45) is 3.16. The Labute approximate surface area is 140 Å². The van der Waals surface area contributed by atoms with Gasteiger partial charge in [-0.05, 0) is 11.6 Å². The molecule has 0 fully saturated rings. The Morgan fingerprint density at radius 1 is 1.33 bits per heavy atom. The van der Waals surface area contributed by atoms with Gasteiger partial charge in [-0.2, -0.15) is 0 Å². The highest BCUT2D eigenvalue weighted by Crippen LogP contribution is 2.26. The van der Waals surface area contributed by atoms with Crippen LogP contribution in [0.15, 0.2) is 36.7 Å². The molecule has 126 valence electrons. The molecule has 6 nitrogen and oxygen atoms in total. The smallest absolute Gasteiger partial charge is 0.405 e. The van der Waals surface area contributed by atoms with E-state index in [1.54, 1.807) is 6.20 Å². The summed E-state index contributed by atoms with van der Waals surface area (Å²) < 4.78 is 0. The van der Waals surface area contributed by atoms with Gasteiger partial charge in [0.1, 0.15) is 5.82 Å². The maximum absolute atomic E-state index is 11.2. The number of imidazole rings is 1. The molecule has 0 aliphatic rings. The predicted molar refractivity (Wildman–Crippen MR) is 93.2 cm³/mol. The fraction of sp³-hybridized carbons (Fsp3) is 0.333. The maximum Gasteiger partial charge on any atom is 0.405 e. The Balaban J connectivity index is 1.92. The summed E-state index contributed by atoms with van der Waals surface area (Å²) in [4.78, 5) is 22.1. The number of hydrogen-bond donors (Lipinski definition) is 4. The Bertz CT molecular complexity index is 857. The molecule has 0 saturated carbocycles. The lowest BCUT2D eigenvalue weighted by atomic mass is 9.93. The van der Waals surface area contributed by atoms with Crippen LogP contribution < -0.4 is 5.32 Å². The van der Waals surface area contributed by atoms with E-state index in [1.165, 1.54) is 0 Å². The number of fused-ring (bicyclic) bond motifs is 1. The Morgan fingerprint density at radius 3 is 2.75 bits per heavy atom. The first kappa shape index (κ1) is 16.1. The van der Waals surface area contributed by atoms with Crippen LogP contribution in [-0.4, -0.2) is 26.2 Å². The van der Waals surface area contributed by atoms with Crippen molar-refractivity contribution in [3.63, 3.8) is 0 Å². The van der Waals surface area contributed by atoms with Gasteiger partial charge in [-0.15, -0.1) is 0 Å². The van der Waals surface area contributed by atoms with Crippen molar-refractivity contribution >= 4 is 17.0 Å². The third-order valence-corrected chi connectivity index (χ3v) is 4.13. The third-order valence-electron chi connectivity index (χ3n) is 4.13. The van der Waals surface area contributed by atoms with E-state index in [9.17, 15) is 9.90 Å².